The summed E-state index contributed by atoms with van der Waals surface area (Å²) in [6.07, 6.45) is 0.428. The van der Waals surface area contributed by atoms with Crippen molar-refractivity contribution in [1.29, 1.82) is 0 Å². The van der Waals surface area contributed by atoms with E-state index in [1.165, 1.54) is 17.1 Å². The van der Waals surface area contributed by atoms with Gasteiger partial charge in [-0.1, -0.05) is 5.92 Å². The SMILES string of the molecule is CC#CC(=O)N1CCC2(CC(n3nc(-c4cnn(Cc5cc(F)cc(C(F)(F)F)c5)c4)c(C(N)=O)c3N)C2)C1. The number of likely N-dealkylation sites (tertiary alicyclic amines) is 1. The van der Waals surface area contributed by atoms with Crippen molar-refractivity contribution in [2.24, 2.45) is 11.1 Å². The second-order valence-corrected chi connectivity index (χ2v) is 10.1. The average Bonchev–Trinajstić information content (AvgIpc) is 3.54. The lowest BCUT2D eigenvalue weighted by Gasteiger charge is -2.45. The quantitative estimate of drug-likeness (QED) is 0.378. The lowest BCUT2D eigenvalue weighted by Crippen LogP contribution is -2.42. The van der Waals surface area contributed by atoms with Crippen LogP contribution in [0.2, 0.25) is 0 Å². The molecule has 5 rings (SSSR count). The van der Waals surface area contributed by atoms with E-state index in [0.717, 1.165) is 18.6 Å². The predicted octanol–water partition coefficient (Wildman–Crippen LogP) is 3.21. The predicted molar refractivity (Wildman–Crippen MR) is 132 cm³/mol. The monoisotopic (exact) mass is 543 g/mol. The van der Waals surface area contributed by atoms with Gasteiger partial charge in [0.2, 0.25) is 0 Å². The molecule has 0 radical (unpaired) electrons. The highest BCUT2D eigenvalue weighted by molar-refractivity contribution is 6.03. The number of nitrogens with two attached hydrogens (primary N) is 2. The molecule has 2 aromatic heterocycles. The van der Waals surface area contributed by atoms with Crippen LogP contribution < -0.4 is 11.5 Å². The average molecular weight is 544 g/mol. The van der Waals surface area contributed by atoms with Crippen molar-refractivity contribution in [3.8, 4) is 23.1 Å². The maximum absolute atomic E-state index is 13.8. The number of hydrogen-bond acceptors (Lipinski definition) is 5. The third-order valence-electron chi connectivity index (χ3n) is 7.37. The molecule has 2 amide bonds. The van der Waals surface area contributed by atoms with Crippen molar-refractivity contribution in [3.05, 3.63) is 53.1 Å². The topological polar surface area (TPSA) is 125 Å². The number of amides is 2. The van der Waals surface area contributed by atoms with Gasteiger partial charge in [-0.3, -0.25) is 14.3 Å². The van der Waals surface area contributed by atoms with E-state index >= 15 is 0 Å². The molecular formula is C26H25F4N7O2. The van der Waals surface area contributed by atoms with Crippen molar-refractivity contribution >= 4 is 17.6 Å². The number of nitrogen functional groups attached to an aromatic ring is 1. The Morgan fingerprint density at radius 3 is 2.64 bits per heavy atom. The normalized spacial score (nSPS) is 20.5. The minimum atomic E-state index is -4.69. The van der Waals surface area contributed by atoms with E-state index in [9.17, 15) is 27.2 Å². The summed E-state index contributed by atoms with van der Waals surface area (Å²) in [7, 11) is 0. The van der Waals surface area contributed by atoms with E-state index < -0.39 is 23.5 Å². The fourth-order valence-electron chi connectivity index (χ4n) is 5.58. The molecule has 0 atom stereocenters. The minimum Gasteiger partial charge on any atom is -0.383 e. The van der Waals surface area contributed by atoms with E-state index in [1.807, 2.05) is 0 Å². The molecule has 1 aromatic carbocycles. The van der Waals surface area contributed by atoms with Crippen LogP contribution in [0, 0.1) is 23.1 Å². The van der Waals surface area contributed by atoms with Crippen LogP contribution >= 0.6 is 0 Å². The van der Waals surface area contributed by atoms with Gasteiger partial charge in [-0.15, -0.1) is 0 Å². The maximum atomic E-state index is 13.8. The van der Waals surface area contributed by atoms with Crippen molar-refractivity contribution in [3.63, 3.8) is 0 Å². The summed E-state index contributed by atoms with van der Waals surface area (Å²) in [4.78, 5) is 26.2. The molecule has 1 aliphatic heterocycles. The highest BCUT2D eigenvalue weighted by Crippen LogP contribution is 2.54. The van der Waals surface area contributed by atoms with Crippen LogP contribution in [0.3, 0.4) is 0 Å². The highest BCUT2D eigenvalue weighted by atomic mass is 19.4. The number of hydrogen-bond donors (Lipinski definition) is 2. The van der Waals surface area contributed by atoms with E-state index in [0.29, 0.717) is 37.6 Å². The molecule has 2 aliphatic rings. The van der Waals surface area contributed by atoms with E-state index in [4.69, 9.17) is 11.5 Å². The molecule has 1 saturated carbocycles. The Balaban J connectivity index is 1.36. The lowest BCUT2D eigenvalue weighted by atomic mass is 9.65. The number of benzene rings is 1. The second-order valence-electron chi connectivity index (χ2n) is 10.1. The summed E-state index contributed by atoms with van der Waals surface area (Å²) < 4.78 is 55.9. The van der Waals surface area contributed by atoms with Crippen LogP contribution in [-0.2, 0) is 17.5 Å². The first-order chi connectivity index (χ1) is 18.4. The van der Waals surface area contributed by atoms with Crippen molar-refractivity contribution in [2.45, 2.75) is 44.9 Å². The van der Waals surface area contributed by atoms with Gasteiger partial charge in [0.25, 0.3) is 11.8 Å². The Morgan fingerprint density at radius 1 is 1.23 bits per heavy atom. The largest absolute Gasteiger partial charge is 0.416 e. The molecule has 1 saturated heterocycles. The number of alkyl halides is 3. The molecule has 1 aliphatic carbocycles. The van der Waals surface area contributed by atoms with Gasteiger partial charge in [0, 0.05) is 24.8 Å². The van der Waals surface area contributed by atoms with Crippen molar-refractivity contribution < 1.29 is 27.2 Å². The van der Waals surface area contributed by atoms with Gasteiger partial charge in [-0.25, -0.2) is 9.07 Å². The van der Waals surface area contributed by atoms with E-state index in [2.05, 4.69) is 22.0 Å². The van der Waals surface area contributed by atoms with Gasteiger partial charge in [0.1, 0.15) is 22.9 Å². The number of nitrogens with zero attached hydrogens (tertiary/aromatic N) is 5. The van der Waals surface area contributed by atoms with Gasteiger partial charge in [-0.05, 0) is 61.3 Å². The molecule has 9 nitrogen and oxygen atoms in total. The highest BCUT2D eigenvalue weighted by Gasteiger charge is 2.51. The fraction of sp³-hybridized carbons (Fsp3) is 0.385. The van der Waals surface area contributed by atoms with E-state index in [-0.39, 0.29) is 46.5 Å². The van der Waals surface area contributed by atoms with Crippen LogP contribution in [0.1, 0.15) is 53.7 Å². The molecule has 2 fully saturated rings. The Bertz CT molecular complexity index is 1520. The van der Waals surface area contributed by atoms with Crippen LogP contribution in [0.25, 0.3) is 11.3 Å². The first-order valence-corrected chi connectivity index (χ1v) is 12.2. The molecule has 13 heteroatoms. The minimum absolute atomic E-state index is 0.0158. The first-order valence-electron chi connectivity index (χ1n) is 12.2. The molecule has 3 aromatic rings. The fourth-order valence-corrected chi connectivity index (χ4v) is 5.58. The Labute approximate surface area is 220 Å². The second kappa shape index (κ2) is 9.44. The summed E-state index contributed by atoms with van der Waals surface area (Å²) in [6.45, 7) is 2.69. The third-order valence-corrected chi connectivity index (χ3v) is 7.37. The molecule has 204 valence electrons. The van der Waals surface area contributed by atoms with Gasteiger partial charge in [0.05, 0.1) is 24.3 Å². The van der Waals surface area contributed by atoms with Gasteiger partial charge in [-0.2, -0.15) is 23.4 Å². The Morgan fingerprint density at radius 2 is 1.97 bits per heavy atom. The number of carbonyl (C=O) groups excluding carboxylic acids is 2. The smallest absolute Gasteiger partial charge is 0.383 e. The van der Waals surface area contributed by atoms with Crippen molar-refractivity contribution in [2.75, 3.05) is 18.8 Å². The number of primary amides is 1. The molecule has 3 heterocycles. The van der Waals surface area contributed by atoms with Crippen LogP contribution in [0.5, 0.6) is 0 Å². The molecular weight excluding hydrogens is 518 g/mol. The van der Waals surface area contributed by atoms with Crippen LogP contribution in [0.4, 0.5) is 23.4 Å². The van der Waals surface area contributed by atoms with Gasteiger partial charge >= 0.3 is 6.18 Å². The maximum Gasteiger partial charge on any atom is 0.416 e. The summed E-state index contributed by atoms with van der Waals surface area (Å²) in [5, 5.41) is 8.72. The van der Waals surface area contributed by atoms with Gasteiger partial charge < -0.3 is 16.4 Å². The lowest BCUT2D eigenvalue weighted by molar-refractivity contribution is -0.137. The number of halogens is 4. The van der Waals surface area contributed by atoms with Crippen molar-refractivity contribution in [1.82, 2.24) is 24.5 Å². The molecule has 4 N–H and O–H groups in total. The zero-order valence-corrected chi connectivity index (χ0v) is 20.9. The van der Waals surface area contributed by atoms with E-state index in [1.54, 1.807) is 16.5 Å². The zero-order chi connectivity index (χ0) is 28.1. The standard InChI is InChI=1S/C26H25F4N7O2/c1-2-3-20(38)35-5-4-25(14-35)9-19(10-25)37-23(31)21(24(32)39)22(34-37)16-11-33-36(13-16)12-15-6-17(26(28,29)30)8-18(27)7-15/h6-8,11,13,19H,4-5,9-10,12,14,31H2,1H3,(H2,32,39). The number of aromatic nitrogens is 4. The van der Waals surface area contributed by atoms with Crippen LogP contribution in [0.15, 0.2) is 30.6 Å². The Kier molecular flexibility index (Phi) is 6.36. The molecule has 0 bridgehead atoms. The number of carbonyl (C=O) groups is 2. The molecule has 39 heavy (non-hydrogen) atoms. The number of rotatable bonds is 5. The number of anilines is 1. The summed E-state index contributed by atoms with van der Waals surface area (Å²) >= 11 is 0. The van der Waals surface area contributed by atoms with Gasteiger partial charge in [0.15, 0.2) is 0 Å². The summed E-state index contributed by atoms with van der Waals surface area (Å²) in [5.74, 6) is 3.31. The zero-order valence-electron chi connectivity index (χ0n) is 20.9. The Hall–Kier alpha value is -4.34. The molecule has 0 unspecified atom stereocenters. The summed E-state index contributed by atoms with van der Waals surface area (Å²) in [5.41, 5.74) is 11.4. The first kappa shape index (κ1) is 26.3. The third kappa shape index (κ3) is 4.94. The molecule has 1 spiro atoms. The van der Waals surface area contributed by atoms with Crippen LogP contribution in [-0.4, -0.2) is 49.4 Å². The summed E-state index contributed by atoms with van der Waals surface area (Å²) in [6, 6.07) is 2.17.